The van der Waals surface area contributed by atoms with E-state index in [9.17, 15) is 0 Å². The van der Waals surface area contributed by atoms with Gasteiger partial charge in [-0.2, -0.15) is 5.10 Å². The van der Waals surface area contributed by atoms with E-state index in [-0.39, 0.29) is 6.04 Å². The standard InChI is InChI=1S/C17H35N6/c1-3-12-23(2)13-10-21(11-14-23)9-7-19-17-16(18)15-6-4-5-8-22(15)20-17/h15-16H,3-14,18H2,1-2H3,(H,19,20)/q+1. The minimum absolute atomic E-state index is 0.0844. The van der Waals surface area contributed by atoms with Crippen molar-refractivity contribution >= 4 is 5.84 Å². The Hall–Kier alpha value is -0.850. The molecule has 23 heavy (non-hydrogen) atoms. The van der Waals surface area contributed by atoms with Crippen LogP contribution in [0.15, 0.2) is 5.10 Å². The van der Waals surface area contributed by atoms with Crippen molar-refractivity contribution in [3.05, 3.63) is 0 Å². The molecule has 3 heterocycles. The van der Waals surface area contributed by atoms with E-state index in [0.717, 1.165) is 25.5 Å². The third-order valence-corrected chi connectivity index (χ3v) is 5.90. The Morgan fingerprint density at radius 2 is 2.04 bits per heavy atom. The first kappa shape index (κ1) is 17.0. The maximum Gasteiger partial charge on any atom is 0.141 e. The molecule has 0 aromatic heterocycles. The molecule has 0 bridgehead atoms. The minimum atomic E-state index is 0.0844. The monoisotopic (exact) mass is 323 g/mol. The van der Waals surface area contributed by atoms with Crippen LogP contribution < -0.4 is 11.1 Å². The van der Waals surface area contributed by atoms with Gasteiger partial charge in [0.05, 0.1) is 38.8 Å². The molecule has 0 aliphatic carbocycles. The Morgan fingerprint density at radius 1 is 1.26 bits per heavy atom. The van der Waals surface area contributed by atoms with E-state index >= 15 is 0 Å². The normalized spacial score (nSPS) is 30.9. The largest absolute Gasteiger partial charge is 0.369 e. The molecule has 2 unspecified atom stereocenters. The molecule has 0 aromatic carbocycles. The quantitative estimate of drug-likeness (QED) is 0.713. The highest BCUT2D eigenvalue weighted by molar-refractivity contribution is 5.89. The summed E-state index contributed by atoms with van der Waals surface area (Å²) in [6.07, 6.45) is 5.02. The van der Waals surface area contributed by atoms with E-state index in [1.165, 1.54) is 62.9 Å². The Bertz CT molecular complexity index is 415. The topological polar surface area (TPSA) is 56.9 Å². The zero-order valence-electron chi connectivity index (χ0n) is 15.0. The number of hydrogen-bond acceptors (Lipinski definition) is 5. The number of nitrogens with two attached hydrogens (primary N) is 1. The third-order valence-electron chi connectivity index (χ3n) is 5.90. The number of fused-ring (bicyclic) bond motifs is 1. The third kappa shape index (κ3) is 3.98. The van der Waals surface area contributed by atoms with Crippen molar-refractivity contribution in [1.29, 1.82) is 0 Å². The van der Waals surface area contributed by atoms with Crippen LogP contribution in [-0.4, -0.2) is 91.7 Å². The average Bonchev–Trinajstić information content (AvgIpc) is 2.87. The Labute approximate surface area is 141 Å². The lowest BCUT2D eigenvalue weighted by Gasteiger charge is -2.42. The van der Waals surface area contributed by atoms with Crippen LogP contribution in [0.5, 0.6) is 0 Å². The minimum Gasteiger partial charge on any atom is -0.369 e. The van der Waals surface area contributed by atoms with Gasteiger partial charge in [-0.25, -0.2) is 0 Å². The molecule has 132 valence electrons. The number of piperazine rings is 1. The zero-order valence-corrected chi connectivity index (χ0v) is 15.0. The van der Waals surface area contributed by atoms with E-state index < -0.39 is 0 Å². The summed E-state index contributed by atoms with van der Waals surface area (Å²) in [6, 6.07) is 0.523. The van der Waals surface area contributed by atoms with E-state index in [0.29, 0.717) is 6.04 Å². The fourth-order valence-corrected chi connectivity index (χ4v) is 4.29. The van der Waals surface area contributed by atoms with E-state index in [2.05, 4.69) is 29.2 Å². The molecular weight excluding hydrogens is 288 g/mol. The molecular formula is C17H35N6+. The molecule has 6 heteroatoms. The van der Waals surface area contributed by atoms with Crippen LogP contribution in [0.3, 0.4) is 0 Å². The maximum atomic E-state index is 6.37. The van der Waals surface area contributed by atoms with Gasteiger partial charge in [0.1, 0.15) is 5.84 Å². The van der Waals surface area contributed by atoms with Gasteiger partial charge in [0.2, 0.25) is 0 Å². The molecule has 2 fully saturated rings. The van der Waals surface area contributed by atoms with Gasteiger partial charge in [-0.3, -0.25) is 9.91 Å². The predicted molar refractivity (Wildman–Crippen MR) is 95.3 cm³/mol. The number of piperidine rings is 1. The molecule has 0 saturated carbocycles. The molecule has 6 nitrogen and oxygen atoms in total. The van der Waals surface area contributed by atoms with Gasteiger partial charge in [0.25, 0.3) is 0 Å². The highest BCUT2D eigenvalue weighted by Crippen LogP contribution is 2.24. The lowest BCUT2D eigenvalue weighted by molar-refractivity contribution is -0.913. The van der Waals surface area contributed by atoms with Gasteiger partial charge in [-0.05, 0) is 25.7 Å². The van der Waals surface area contributed by atoms with Crippen molar-refractivity contribution in [2.24, 2.45) is 10.8 Å². The lowest BCUT2D eigenvalue weighted by atomic mass is 9.98. The first-order valence-electron chi connectivity index (χ1n) is 9.52. The number of hydrogen-bond donors (Lipinski definition) is 2. The number of quaternary nitrogens is 1. The van der Waals surface area contributed by atoms with Gasteiger partial charge in [0.15, 0.2) is 0 Å². The van der Waals surface area contributed by atoms with Crippen molar-refractivity contribution in [1.82, 2.24) is 15.2 Å². The molecule has 0 amide bonds. The number of rotatable bonds is 5. The highest BCUT2D eigenvalue weighted by atomic mass is 15.5. The summed E-state index contributed by atoms with van der Waals surface area (Å²) >= 11 is 0. The Kier molecular flexibility index (Phi) is 5.44. The van der Waals surface area contributed by atoms with Crippen molar-refractivity contribution in [2.45, 2.75) is 44.7 Å². The first-order valence-corrected chi connectivity index (χ1v) is 9.52. The molecule has 3 aliphatic rings. The van der Waals surface area contributed by atoms with Gasteiger partial charge < -0.3 is 15.5 Å². The zero-order chi connectivity index (χ0) is 16.3. The molecule has 0 aromatic rings. The van der Waals surface area contributed by atoms with Crippen LogP contribution in [0.25, 0.3) is 0 Å². The fourth-order valence-electron chi connectivity index (χ4n) is 4.29. The van der Waals surface area contributed by atoms with Crippen LogP contribution in [0.4, 0.5) is 0 Å². The smallest absolute Gasteiger partial charge is 0.141 e. The second-order valence-electron chi connectivity index (χ2n) is 7.80. The average molecular weight is 324 g/mol. The predicted octanol–water partition coefficient (Wildman–Crippen LogP) is 0.257. The van der Waals surface area contributed by atoms with Crippen molar-refractivity contribution < 1.29 is 4.48 Å². The number of amidine groups is 1. The van der Waals surface area contributed by atoms with Crippen LogP contribution in [-0.2, 0) is 0 Å². The molecule has 3 rings (SSSR count). The van der Waals surface area contributed by atoms with Crippen molar-refractivity contribution in [2.75, 3.05) is 59.4 Å². The molecule has 2 saturated heterocycles. The number of likely N-dealkylation sites (N-methyl/N-ethyl adjacent to an activating group) is 1. The number of nitrogens with one attached hydrogen (secondary N) is 1. The summed E-state index contributed by atoms with van der Waals surface area (Å²) in [5.41, 5.74) is 6.37. The molecule has 3 aliphatic heterocycles. The van der Waals surface area contributed by atoms with Crippen LogP contribution >= 0.6 is 0 Å². The first-order chi connectivity index (χ1) is 11.1. The maximum absolute atomic E-state index is 6.37. The molecule has 0 spiro atoms. The molecule has 2 atom stereocenters. The van der Waals surface area contributed by atoms with Gasteiger partial charge in [-0.15, -0.1) is 0 Å². The van der Waals surface area contributed by atoms with Crippen LogP contribution in [0.2, 0.25) is 0 Å². The summed E-state index contributed by atoms with van der Waals surface area (Å²) < 4.78 is 1.24. The number of hydrazone groups is 1. The van der Waals surface area contributed by atoms with E-state index in [4.69, 9.17) is 10.8 Å². The fraction of sp³-hybridized carbons (Fsp3) is 0.941. The van der Waals surface area contributed by atoms with E-state index in [1.54, 1.807) is 0 Å². The summed E-state index contributed by atoms with van der Waals surface area (Å²) in [4.78, 5) is 2.58. The van der Waals surface area contributed by atoms with Crippen molar-refractivity contribution in [3.8, 4) is 0 Å². The summed E-state index contributed by atoms with van der Waals surface area (Å²) in [6.45, 7) is 11.7. The van der Waals surface area contributed by atoms with Crippen LogP contribution in [0.1, 0.15) is 32.6 Å². The summed E-state index contributed by atoms with van der Waals surface area (Å²) in [5.74, 6) is 1.01. The Balaban J connectivity index is 1.39. The molecule has 3 N–H and O–H groups in total. The number of nitrogens with zero attached hydrogens (tertiary/aromatic N) is 4. The summed E-state index contributed by atoms with van der Waals surface area (Å²) in [5, 5.41) is 10.4. The van der Waals surface area contributed by atoms with Crippen molar-refractivity contribution in [3.63, 3.8) is 0 Å². The van der Waals surface area contributed by atoms with Gasteiger partial charge in [-0.1, -0.05) is 6.92 Å². The lowest BCUT2D eigenvalue weighted by Crippen LogP contribution is -2.58. The van der Waals surface area contributed by atoms with Gasteiger partial charge in [0, 0.05) is 32.7 Å². The van der Waals surface area contributed by atoms with Crippen LogP contribution in [0, 0.1) is 0 Å². The Morgan fingerprint density at radius 3 is 2.74 bits per heavy atom. The highest BCUT2D eigenvalue weighted by Gasteiger charge is 2.36. The van der Waals surface area contributed by atoms with Gasteiger partial charge >= 0.3 is 0 Å². The second-order valence-corrected chi connectivity index (χ2v) is 7.80. The van der Waals surface area contributed by atoms with E-state index in [1.807, 2.05) is 0 Å². The second kappa shape index (κ2) is 7.36. The summed E-state index contributed by atoms with van der Waals surface area (Å²) in [7, 11) is 2.40. The molecule has 0 radical (unpaired) electrons. The SMILES string of the molecule is CCC[N+]1(C)CCN(CCNC2=NN3CCCCC3C2N)CC1.